The Labute approximate surface area is 129 Å². The molecule has 0 aliphatic carbocycles. The minimum absolute atomic E-state index is 0. The van der Waals surface area contributed by atoms with Gasteiger partial charge in [-0.2, -0.15) is 0 Å². The Kier molecular flexibility index (Phi) is 1420. The topological polar surface area (TPSA) is 138 Å². The third-order valence-corrected chi connectivity index (χ3v) is 0. The summed E-state index contributed by atoms with van der Waals surface area (Å²) >= 11 is 20.3. The predicted octanol–water partition coefficient (Wildman–Crippen LogP) is -3.00. The van der Waals surface area contributed by atoms with E-state index in [1.165, 1.54) is 0 Å². The van der Waals surface area contributed by atoms with Crippen molar-refractivity contribution in [1.82, 2.24) is 0 Å². The molecule has 0 amide bonds. The molecule has 0 N–H and O–H groups in total. The first-order chi connectivity index (χ1) is 6.00. The van der Waals surface area contributed by atoms with Gasteiger partial charge < -0.3 is 28.0 Å². The van der Waals surface area contributed by atoms with Gasteiger partial charge in [0.25, 0.3) is 0 Å². The van der Waals surface area contributed by atoms with Crippen LogP contribution in [0.25, 0.3) is 0 Å². The molecular formula is Cl6O6U-6. The molecule has 0 bridgehead atoms. The minimum Gasteiger partial charge on any atom is -0.769 e. The number of hydrogen-bond acceptors (Lipinski definition) is 6. The van der Waals surface area contributed by atoms with Crippen LogP contribution in [0.3, 0.4) is 0 Å². The maximum atomic E-state index is 7.72. The molecule has 0 heterocycles. The summed E-state index contributed by atoms with van der Waals surface area (Å²) in [6, 6.07) is 0. The van der Waals surface area contributed by atoms with Crippen molar-refractivity contribution in [3.05, 3.63) is 0 Å². The summed E-state index contributed by atoms with van der Waals surface area (Å²) in [6.07, 6.45) is 0. The minimum atomic E-state index is 0. The van der Waals surface area contributed by atoms with E-state index in [2.05, 4.69) is 71.2 Å². The second kappa shape index (κ2) is 410. The van der Waals surface area contributed by atoms with Crippen molar-refractivity contribution in [2.75, 3.05) is 0 Å². The van der Waals surface area contributed by atoms with E-state index in [1.807, 2.05) is 0 Å². The molecular weight excluding hydrogens is 547 g/mol. The van der Waals surface area contributed by atoms with E-state index in [0.717, 1.165) is 0 Å². The van der Waals surface area contributed by atoms with Crippen LogP contribution in [0.4, 0.5) is 0 Å². The first-order valence-electron chi connectivity index (χ1n) is 0.926. The van der Waals surface area contributed by atoms with E-state index in [-0.39, 0.29) is 31.1 Å². The molecule has 0 unspecified atom stereocenters. The standard InChI is InChI=1S/6ClO.U/c6*1-2;/q6*-1;. The van der Waals surface area contributed by atoms with Crippen molar-refractivity contribution in [3.8, 4) is 0 Å². The van der Waals surface area contributed by atoms with Crippen LogP contribution in [-0.2, 0) is 0 Å². The first kappa shape index (κ1) is 45.0. The largest absolute Gasteiger partial charge is 0.769 e. The fourth-order valence-corrected chi connectivity index (χ4v) is 0. The van der Waals surface area contributed by atoms with Gasteiger partial charge in [-0.25, -0.2) is 71.2 Å². The first-order valence-corrected chi connectivity index (χ1v) is 2.78. The summed E-state index contributed by atoms with van der Waals surface area (Å²) < 4.78 is 46.3. The average molecular weight is 547 g/mol. The van der Waals surface area contributed by atoms with E-state index in [0.29, 0.717) is 0 Å². The molecule has 0 rings (SSSR count). The van der Waals surface area contributed by atoms with Gasteiger partial charge in [0.1, 0.15) is 0 Å². The van der Waals surface area contributed by atoms with E-state index in [1.54, 1.807) is 0 Å². The van der Waals surface area contributed by atoms with Crippen LogP contribution in [0.2, 0.25) is 0 Å². The molecule has 88 valence electrons. The summed E-state index contributed by atoms with van der Waals surface area (Å²) in [6.45, 7) is 0. The molecule has 13 heteroatoms. The van der Waals surface area contributed by atoms with Gasteiger partial charge in [0.05, 0.1) is 0 Å². The molecule has 0 aromatic heterocycles. The number of rotatable bonds is 0. The summed E-state index contributed by atoms with van der Waals surface area (Å²) in [5.41, 5.74) is 0. The fraction of sp³-hybridized carbons (Fsp3) is 0. The van der Waals surface area contributed by atoms with Crippen LogP contribution in [-0.4, -0.2) is 0 Å². The molecule has 0 spiro atoms. The van der Waals surface area contributed by atoms with Crippen LogP contribution in [0.15, 0.2) is 0 Å². The summed E-state index contributed by atoms with van der Waals surface area (Å²) in [7, 11) is 0. The smallest absolute Gasteiger partial charge is 0 e. The molecule has 0 radical (unpaired) electrons. The molecule has 0 aromatic carbocycles. The van der Waals surface area contributed by atoms with Crippen LogP contribution in [0.1, 0.15) is 0 Å². The molecule has 0 atom stereocenters. The van der Waals surface area contributed by atoms with E-state index < -0.39 is 0 Å². The van der Waals surface area contributed by atoms with Gasteiger partial charge in [-0.05, 0) is 0 Å². The second-order valence-corrected chi connectivity index (χ2v) is 0. The van der Waals surface area contributed by atoms with Crippen LogP contribution in [0, 0.1) is 31.1 Å². The van der Waals surface area contributed by atoms with Crippen molar-refractivity contribution >= 4 is 71.2 Å². The Balaban J connectivity index is -0.00000000655. The van der Waals surface area contributed by atoms with Gasteiger partial charge in [-0.3, -0.25) is 0 Å². The zero-order chi connectivity index (χ0) is 12.0. The Bertz CT molecular complexity index is 17.1. The van der Waals surface area contributed by atoms with Crippen molar-refractivity contribution in [3.63, 3.8) is 0 Å². The quantitative estimate of drug-likeness (QED) is 0.318. The molecule has 0 fully saturated rings. The van der Waals surface area contributed by atoms with Gasteiger partial charge in [-0.1, -0.05) is 0 Å². The Hall–Kier alpha value is 2.55. The van der Waals surface area contributed by atoms with Crippen LogP contribution >= 0.6 is 71.2 Å². The van der Waals surface area contributed by atoms with Crippen LogP contribution in [0.5, 0.6) is 0 Å². The van der Waals surface area contributed by atoms with Crippen molar-refractivity contribution in [2.45, 2.75) is 0 Å². The van der Waals surface area contributed by atoms with E-state index in [4.69, 9.17) is 28.0 Å². The molecule has 13 heavy (non-hydrogen) atoms. The molecule has 0 saturated heterocycles. The fourth-order valence-electron chi connectivity index (χ4n) is 0. The van der Waals surface area contributed by atoms with Gasteiger partial charge in [0.15, 0.2) is 0 Å². The van der Waals surface area contributed by atoms with E-state index >= 15 is 0 Å². The van der Waals surface area contributed by atoms with Crippen molar-refractivity contribution in [1.29, 1.82) is 0 Å². The SMILES string of the molecule is [O-]Cl.[O-]Cl.[O-]Cl.[O-]Cl.[O-]Cl.[O-]Cl.[U]. The number of halogens is 6. The monoisotopic (exact) mass is 544 g/mol. The Morgan fingerprint density at radius 2 is 0.308 bits per heavy atom. The molecule has 0 aliphatic heterocycles. The number of hydrogen-bond donors (Lipinski definition) is 0. The third kappa shape index (κ3) is 352. The Morgan fingerprint density at radius 1 is 0.308 bits per heavy atom. The molecule has 0 saturated carbocycles. The normalized spacial score (nSPS) is 2.77. The zero-order valence-electron chi connectivity index (χ0n) is 5.22. The van der Waals surface area contributed by atoms with Gasteiger partial charge in [0.2, 0.25) is 0 Å². The van der Waals surface area contributed by atoms with Crippen molar-refractivity contribution in [2.24, 2.45) is 0 Å². The summed E-state index contributed by atoms with van der Waals surface area (Å²) in [4.78, 5) is 0. The maximum absolute atomic E-state index is 7.72. The average Bonchev–Trinajstić information content (AvgIpc) is 2.33. The third-order valence-electron chi connectivity index (χ3n) is 0. The molecule has 0 aromatic rings. The molecule has 6 nitrogen and oxygen atoms in total. The summed E-state index contributed by atoms with van der Waals surface area (Å²) in [5, 5.41) is 0. The van der Waals surface area contributed by atoms with Gasteiger partial charge in [0, 0.05) is 31.1 Å². The second-order valence-electron chi connectivity index (χ2n) is 0. The zero-order valence-corrected chi connectivity index (χ0v) is 13.9. The van der Waals surface area contributed by atoms with Gasteiger partial charge >= 0.3 is 0 Å². The van der Waals surface area contributed by atoms with Crippen LogP contribution < -0.4 is 28.0 Å². The molecule has 0 aliphatic rings. The van der Waals surface area contributed by atoms with Gasteiger partial charge in [-0.15, -0.1) is 0 Å². The predicted molar refractivity (Wildman–Crippen MR) is 35.1 cm³/mol. The maximum Gasteiger partial charge on any atom is 0 e. The summed E-state index contributed by atoms with van der Waals surface area (Å²) in [5.74, 6) is 0. The van der Waals surface area contributed by atoms with E-state index in [9.17, 15) is 0 Å². The van der Waals surface area contributed by atoms with Crippen molar-refractivity contribution < 1.29 is 59.1 Å². The Morgan fingerprint density at radius 3 is 0.308 bits per heavy atom.